The molecule has 0 aromatic heterocycles. The van der Waals surface area contributed by atoms with Crippen molar-refractivity contribution in [1.82, 2.24) is 0 Å². The molecule has 0 amide bonds. The lowest BCUT2D eigenvalue weighted by molar-refractivity contribution is -0.136. The summed E-state index contributed by atoms with van der Waals surface area (Å²) in [4.78, 5) is 22.3. The first kappa shape index (κ1) is 14.1. The normalized spacial score (nSPS) is 12.2. The van der Waals surface area contributed by atoms with E-state index in [9.17, 15) is 9.59 Å². The molecule has 22 heavy (non-hydrogen) atoms. The zero-order valence-corrected chi connectivity index (χ0v) is 11.7. The van der Waals surface area contributed by atoms with Gasteiger partial charge >= 0.3 is 5.97 Å². The molecular weight excluding hydrogens is 284 g/mol. The van der Waals surface area contributed by atoms with Gasteiger partial charge in [-0.3, -0.25) is 9.59 Å². The monoisotopic (exact) mass is 298 g/mol. The van der Waals surface area contributed by atoms with Crippen molar-refractivity contribution in [3.63, 3.8) is 0 Å². The van der Waals surface area contributed by atoms with Gasteiger partial charge in [-0.15, -0.1) is 0 Å². The van der Waals surface area contributed by atoms with E-state index in [1.807, 2.05) is 30.3 Å². The molecule has 1 N–H and O–H groups in total. The predicted octanol–water partition coefficient (Wildman–Crippen LogP) is 3.13. The number of carboxylic acids is 1. The maximum Gasteiger partial charge on any atom is 0.303 e. The van der Waals surface area contributed by atoms with Gasteiger partial charge in [0, 0.05) is 12.0 Å². The van der Waals surface area contributed by atoms with E-state index < -0.39 is 5.97 Å². The number of aliphatic carboxylic acids is 1. The molecule has 5 nitrogen and oxygen atoms in total. The molecule has 3 rings (SSSR count). The quantitative estimate of drug-likeness (QED) is 0.858. The zero-order chi connectivity index (χ0) is 15.5. The summed E-state index contributed by atoms with van der Waals surface area (Å²) in [7, 11) is 0. The van der Waals surface area contributed by atoms with Crippen LogP contribution in [0, 0.1) is 0 Å². The van der Waals surface area contributed by atoms with Crippen LogP contribution >= 0.6 is 0 Å². The molecule has 1 aliphatic heterocycles. The molecule has 0 radical (unpaired) electrons. The van der Waals surface area contributed by atoms with Crippen molar-refractivity contribution in [2.75, 3.05) is 6.79 Å². The molecule has 0 aliphatic carbocycles. The second kappa shape index (κ2) is 5.89. The lowest BCUT2D eigenvalue weighted by atomic mass is 10.0. The van der Waals surface area contributed by atoms with E-state index in [2.05, 4.69) is 0 Å². The maximum atomic E-state index is 11.9. The predicted molar refractivity (Wildman–Crippen MR) is 79.2 cm³/mol. The highest BCUT2D eigenvalue weighted by molar-refractivity contribution is 5.97. The highest BCUT2D eigenvalue weighted by Crippen LogP contribution is 2.35. The highest BCUT2D eigenvalue weighted by atomic mass is 16.7. The summed E-state index contributed by atoms with van der Waals surface area (Å²) < 4.78 is 10.6. The third-order valence-electron chi connectivity index (χ3n) is 3.48. The number of carbonyl (C=O) groups is 2. The van der Waals surface area contributed by atoms with Crippen LogP contribution in [0.1, 0.15) is 23.2 Å². The Hall–Kier alpha value is -2.82. The van der Waals surface area contributed by atoms with Gasteiger partial charge in [-0.2, -0.15) is 0 Å². The number of rotatable bonds is 5. The lowest BCUT2D eigenvalue weighted by Crippen LogP contribution is -2.03. The van der Waals surface area contributed by atoms with Gasteiger partial charge in [0.15, 0.2) is 17.3 Å². The molecule has 0 fully saturated rings. The number of Topliss-reactive ketones (excluding diaryl/α,β-unsaturated/α-hetero) is 1. The smallest absolute Gasteiger partial charge is 0.303 e. The van der Waals surface area contributed by atoms with Crippen LogP contribution in [-0.2, 0) is 4.79 Å². The van der Waals surface area contributed by atoms with Gasteiger partial charge in [0.1, 0.15) is 0 Å². The molecule has 1 aliphatic rings. The average molecular weight is 298 g/mol. The van der Waals surface area contributed by atoms with E-state index in [4.69, 9.17) is 14.6 Å². The molecule has 1 heterocycles. The van der Waals surface area contributed by atoms with E-state index in [1.54, 1.807) is 12.1 Å². The highest BCUT2D eigenvalue weighted by Gasteiger charge is 2.14. The largest absolute Gasteiger partial charge is 0.481 e. The van der Waals surface area contributed by atoms with Crippen molar-refractivity contribution in [3.8, 4) is 22.6 Å². The Labute approximate surface area is 127 Å². The number of fused-ring (bicyclic) bond motifs is 1. The summed E-state index contributed by atoms with van der Waals surface area (Å²) >= 11 is 0. The maximum absolute atomic E-state index is 11.9. The van der Waals surface area contributed by atoms with Crippen LogP contribution < -0.4 is 9.47 Å². The molecule has 5 heteroatoms. The van der Waals surface area contributed by atoms with Crippen molar-refractivity contribution in [3.05, 3.63) is 48.0 Å². The topological polar surface area (TPSA) is 72.8 Å². The van der Waals surface area contributed by atoms with Gasteiger partial charge in [0.25, 0.3) is 0 Å². The fraction of sp³-hybridized carbons (Fsp3) is 0.176. The fourth-order valence-corrected chi connectivity index (χ4v) is 2.29. The number of ether oxygens (including phenoxy) is 2. The average Bonchev–Trinajstić information content (AvgIpc) is 3.00. The van der Waals surface area contributed by atoms with Gasteiger partial charge < -0.3 is 14.6 Å². The van der Waals surface area contributed by atoms with Crippen LogP contribution in [0.15, 0.2) is 42.5 Å². The molecule has 0 atom stereocenters. The summed E-state index contributed by atoms with van der Waals surface area (Å²) in [5.41, 5.74) is 2.44. The van der Waals surface area contributed by atoms with Crippen LogP contribution in [0.4, 0.5) is 0 Å². The first-order valence-electron chi connectivity index (χ1n) is 6.88. The first-order chi connectivity index (χ1) is 10.6. The Morgan fingerprint density at radius 1 is 0.909 bits per heavy atom. The number of hydrogen-bond donors (Lipinski definition) is 1. The Bertz CT molecular complexity index is 718. The molecule has 2 aromatic rings. The van der Waals surface area contributed by atoms with Gasteiger partial charge in [-0.05, 0) is 23.3 Å². The minimum Gasteiger partial charge on any atom is -0.481 e. The summed E-state index contributed by atoms with van der Waals surface area (Å²) in [6, 6.07) is 12.8. The van der Waals surface area contributed by atoms with E-state index in [-0.39, 0.29) is 25.4 Å². The van der Waals surface area contributed by atoms with Crippen molar-refractivity contribution in [2.45, 2.75) is 12.8 Å². The van der Waals surface area contributed by atoms with Gasteiger partial charge in [-0.25, -0.2) is 0 Å². The van der Waals surface area contributed by atoms with Gasteiger partial charge in [-0.1, -0.05) is 30.3 Å². The van der Waals surface area contributed by atoms with Gasteiger partial charge in [0.05, 0.1) is 6.42 Å². The molecular formula is C17H14O5. The third-order valence-corrected chi connectivity index (χ3v) is 3.48. The van der Waals surface area contributed by atoms with E-state index in [1.165, 1.54) is 0 Å². The summed E-state index contributed by atoms with van der Waals surface area (Å²) in [6.45, 7) is 0.232. The standard InChI is InChI=1S/C17H14O5/c18-14(6-8-17(19)20)12-3-1-11(2-4-12)13-5-7-15-16(9-13)22-10-21-15/h1-5,7,9H,6,8,10H2,(H,19,20). The minimum absolute atomic E-state index is 0.0126. The van der Waals surface area contributed by atoms with E-state index >= 15 is 0 Å². The Balaban J connectivity index is 1.76. The summed E-state index contributed by atoms with van der Waals surface area (Å²) in [6.07, 6.45) is -0.137. The lowest BCUT2D eigenvalue weighted by Gasteiger charge is -2.05. The van der Waals surface area contributed by atoms with Crippen LogP contribution in [0.5, 0.6) is 11.5 Å². The van der Waals surface area contributed by atoms with E-state index in [0.29, 0.717) is 11.3 Å². The number of ketones is 1. The zero-order valence-electron chi connectivity index (χ0n) is 11.7. The molecule has 0 bridgehead atoms. The second-order valence-corrected chi connectivity index (χ2v) is 4.96. The van der Waals surface area contributed by atoms with Crippen molar-refractivity contribution in [2.24, 2.45) is 0 Å². The Kier molecular flexibility index (Phi) is 3.78. The molecule has 0 spiro atoms. The van der Waals surface area contributed by atoms with Crippen LogP contribution in [0.25, 0.3) is 11.1 Å². The Morgan fingerprint density at radius 2 is 1.59 bits per heavy atom. The van der Waals surface area contributed by atoms with Crippen molar-refractivity contribution in [1.29, 1.82) is 0 Å². The SMILES string of the molecule is O=C(O)CCC(=O)c1ccc(-c2ccc3c(c2)OCO3)cc1. The van der Waals surface area contributed by atoms with Crippen LogP contribution in [0.2, 0.25) is 0 Å². The van der Waals surface area contributed by atoms with E-state index in [0.717, 1.165) is 16.9 Å². The molecule has 0 saturated carbocycles. The molecule has 2 aromatic carbocycles. The number of carboxylic acid groups (broad SMARTS) is 1. The van der Waals surface area contributed by atoms with Crippen molar-refractivity contribution < 1.29 is 24.2 Å². The molecule has 0 unspecified atom stereocenters. The minimum atomic E-state index is -0.967. The van der Waals surface area contributed by atoms with Crippen molar-refractivity contribution >= 4 is 11.8 Å². The van der Waals surface area contributed by atoms with Crippen LogP contribution in [0.3, 0.4) is 0 Å². The number of benzene rings is 2. The molecule has 0 saturated heterocycles. The Morgan fingerprint density at radius 3 is 2.32 bits per heavy atom. The first-order valence-corrected chi connectivity index (χ1v) is 6.88. The fourth-order valence-electron chi connectivity index (χ4n) is 2.29. The third kappa shape index (κ3) is 2.93. The number of hydrogen-bond acceptors (Lipinski definition) is 4. The second-order valence-electron chi connectivity index (χ2n) is 4.96. The molecule has 112 valence electrons. The summed E-state index contributed by atoms with van der Waals surface area (Å²) in [5.74, 6) is 0.299. The summed E-state index contributed by atoms with van der Waals surface area (Å²) in [5, 5.41) is 8.60. The van der Waals surface area contributed by atoms with Gasteiger partial charge in [0.2, 0.25) is 6.79 Å². The van der Waals surface area contributed by atoms with Crippen LogP contribution in [-0.4, -0.2) is 23.7 Å². The number of carbonyl (C=O) groups excluding carboxylic acids is 1.